The fourth-order valence-electron chi connectivity index (χ4n) is 2.97. The summed E-state index contributed by atoms with van der Waals surface area (Å²) < 4.78 is 19.7. The molecular formula is C16H21FN2O2. The van der Waals surface area contributed by atoms with Gasteiger partial charge in [-0.05, 0) is 30.5 Å². The van der Waals surface area contributed by atoms with Crippen LogP contribution in [0.25, 0.3) is 0 Å². The van der Waals surface area contributed by atoms with E-state index in [1.54, 1.807) is 4.90 Å². The van der Waals surface area contributed by atoms with Gasteiger partial charge in [-0.15, -0.1) is 0 Å². The van der Waals surface area contributed by atoms with Gasteiger partial charge in [0.05, 0.1) is 6.61 Å². The van der Waals surface area contributed by atoms with Crippen molar-refractivity contribution in [1.82, 2.24) is 4.90 Å². The number of alkyl halides is 1. The maximum absolute atomic E-state index is 14.1. The third-order valence-electron chi connectivity index (χ3n) is 4.47. The number of carbonyl (C=O) groups is 1. The Morgan fingerprint density at radius 3 is 2.86 bits per heavy atom. The highest BCUT2D eigenvalue weighted by molar-refractivity contribution is 5.94. The standard InChI is InChI=1S/C16H21FN2O2/c17-16(11-18)5-7-19(8-6-16)15(20)13-4-3-12-2-1-9-21-14(12)10-13/h3-4,10H,1-2,5-9,11,18H2. The number of rotatable bonds is 2. The van der Waals surface area contributed by atoms with E-state index in [9.17, 15) is 9.18 Å². The first-order valence-corrected chi connectivity index (χ1v) is 7.55. The number of piperidine rings is 1. The van der Waals surface area contributed by atoms with E-state index in [0.29, 0.717) is 38.1 Å². The van der Waals surface area contributed by atoms with E-state index in [4.69, 9.17) is 10.5 Å². The molecule has 0 saturated carbocycles. The summed E-state index contributed by atoms with van der Waals surface area (Å²) in [5.41, 5.74) is 5.92. The van der Waals surface area contributed by atoms with Crippen LogP contribution in [0, 0.1) is 0 Å². The summed E-state index contributed by atoms with van der Waals surface area (Å²) >= 11 is 0. The van der Waals surface area contributed by atoms with E-state index in [2.05, 4.69) is 0 Å². The Balaban J connectivity index is 1.71. The van der Waals surface area contributed by atoms with Crippen molar-refractivity contribution in [1.29, 1.82) is 0 Å². The molecule has 1 aromatic carbocycles. The molecule has 1 aromatic rings. The maximum atomic E-state index is 14.1. The zero-order valence-corrected chi connectivity index (χ0v) is 12.1. The van der Waals surface area contributed by atoms with Crippen molar-refractivity contribution in [3.8, 4) is 5.75 Å². The van der Waals surface area contributed by atoms with E-state index in [0.717, 1.165) is 24.2 Å². The van der Waals surface area contributed by atoms with Crippen LogP contribution >= 0.6 is 0 Å². The molecule has 0 radical (unpaired) electrons. The SMILES string of the molecule is NCC1(F)CCN(C(=O)c2ccc3c(c2)OCCC3)CC1. The summed E-state index contributed by atoms with van der Waals surface area (Å²) in [4.78, 5) is 14.2. The Hall–Kier alpha value is -1.62. The summed E-state index contributed by atoms with van der Waals surface area (Å²) in [7, 11) is 0. The molecular weight excluding hydrogens is 271 g/mol. The van der Waals surface area contributed by atoms with E-state index in [1.165, 1.54) is 0 Å². The zero-order chi connectivity index (χ0) is 14.9. The molecule has 0 unspecified atom stereocenters. The van der Waals surface area contributed by atoms with E-state index >= 15 is 0 Å². The normalized spacial score (nSPS) is 20.6. The topological polar surface area (TPSA) is 55.6 Å². The number of hydrogen-bond donors (Lipinski definition) is 1. The van der Waals surface area contributed by atoms with Gasteiger partial charge in [0, 0.05) is 38.0 Å². The zero-order valence-electron chi connectivity index (χ0n) is 12.1. The highest BCUT2D eigenvalue weighted by Crippen LogP contribution is 2.29. The van der Waals surface area contributed by atoms with Crippen molar-refractivity contribution in [2.24, 2.45) is 5.73 Å². The fourth-order valence-corrected chi connectivity index (χ4v) is 2.97. The summed E-state index contributed by atoms with van der Waals surface area (Å²) in [6.07, 6.45) is 2.64. The number of nitrogens with zero attached hydrogens (tertiary/aromatic N) is 1. The number of amides is 1. The highest BCUT2D eigenvalue weighted by Gasteiger charge is 2.35. The molecule has 0 aromatic heterocycles. The molecule has 2 heterocycles. The number of halogens is 1. The predicted molar refractivity (Wildman–Crippen MR) is 78.3 cm³/mol. The van der Waals surface area contributed by atoms with E-state index in [-0.39, 0.29) is 12.5 Å². The molecule has 1 saturated heterocycles. The van der Waals surface area contributed by atoms with Gasteiger partial charge in [-0.1, -0.05) is 6.07 Å². The number of fused-ring (bicyclic) bond motifs is 1. The van der Waals surface area contributed by atoms with Crippen molar-refractivity contribution in [3.63, 3.8) is 0 Å². The fraction of sp³-hybridized carbons (Fsp3) is 0.562. The molecule has 1 amide bonds. The number of aryl methyl sites for hydroxylation is 1. The number of carbonyl (C=O) groups excluding carboxylic acids is 1. The molecule has 21 heavy (non-hydrogen) atoms. The van der Waals surface area contributed by atoms with Gasteiger partial charge in [0.15, 0.2) is 0 Å². The predicted octanol–water partition coefficient (Wildman–Crippen LogP) is 1.91. The Morgan fingerprint density at radius 2 is 2.14 bits per heavy atom. The van der Waals surface area contributed by atoms with Gasteiger partial charge >= 0.3 is 0 Å². The van der Waals surface area contributed by atoms with Crippen LogP contribution in [0.1, 0.15) is 35.2 Å². The van der Waals surface area contributed by atoms with Gasteiger partial charge in [0.1, 0.15) is 11.4 Å². The molecule has 114 valence electrons. The van der Waals surface area contributed by atoms with Crippen LogP contribution in [-0.2, 0) is 6.42 Å². The maximum Gasteiger partial charge on any atom is 0.253 e. The molecule has 5 heteroatoms. The molecule has 0 spiro atoms. The van der Waals surface area contributed by atoms with Crippen LogP contribution in [0.4, 0.5) is 4.39 Å². The average molecular weight is 292 g/mol. The smallest absolute Gasteiger partial charge is 0.253 e. The van der Waals surface area contributed by atoms with E-state index in [1.807, 2.05) is 18.2 Å². The summed E-state index contributed by atoms with van der Waals surface area (Å²) in [5, 5.41) is 0. The van der Waals surface area contributed by atoms with Gasteiger partial charge in [0.25, 0.3) is 5.91 Å². The highest BCUT2D eigenvalue weighted by atomic mass is 19.1. The summed E-state index contributed by atoms with van der Waals surface area (Å²) in [6, 6.07) is 5.62. The van der Waals surface area contributed by atoms with Gasteiger partial charge in [-0.2, -0.15) is 0 Å². The minimum Gasteiger partial charge on any atom is -0.493 e. The van der Waals surface area contributed by atoms with Crippen LogP contribution in [0.2, 0.25) is 0 Å². The van der Waals surface area contributed by atoms with Crippen LogP contribution in [0.15, 0.2) is 18.2 Å². The third kappa shape index (κ3) is 2.88. The number of nitrogens with two attached hydrogens (primary N) is 1. The molecule has 0 bridgehead atoms. The van der Waals surface area contributed by atoms with Crippen LogP contribution in [-0.4, -0.2) is 42.7 Å². The average Bonchev–Trinajstić information content (AvgIpc) is 2.54. The van der Waals surface area contributed by atoms with Crippen LogP contribution in [0.3, 0.4) is 0 Å². The first-order valence-electron chi connectivity index (χ1n) is 7.55. The van der Waals surface area contributed by atoms with Gasteiger partial charge in [-0.25, -0.2) is 4.39 Å². The van der Waals surface area contributed by atoms with Crippen molar-refractivity contribution >= 4 is 5.91 Å². The summed E-state index contributed by atoms with van der Waals surface area (Å²) in [6.45, 7) is 1.58. The van der Waals surface area contributed by atoms with Gasteiger partial charge < -0.3 is 15.4 Å². The quantitative estimate of drug-likeness (QED) is 0.906. The molecule has 4 nitrogen and oxygen atoms in total. The van der Waals surface area contributed by atoms with Gasteiger partial charge in [0.2, 0.25) is 0 Å². The lowest BCUT2D eigenvalue weighted by Crippen LogP contribution is -2.47. The van der Waals surface area contributed by atoms with Crippen LogP contribution < -0.4 is 10.5 Å². The van der Waals surface area contributed by atoms with Crippen molar-refractivity contribution < 1.29 is 13.9 Å². The molecule has 0 atom stereocenters. The van der Waals surface area contributed by atoms with Crippen molar-refractivity contribution in [3.05, 3.63) is 29.3 Å². The lowest BCUT2D eigenvalue weighted by Gasteiger charge is -2.35. The summed E-state index contributed by atoms with van der Waals surface area (Å²) in [5.74, 6) is 0.761. The monoisotopic (exact) mass is 292 g/mol. The lowest BCUT2D eigenvalue weighted by molar-refractivity contribution is 0.0468. The first-order chi connectivity index (χ1) is 10.1. The Kier molecular flexibility index (Phi) is 3.85. The largest absolute Gasteiger partial charge is 0.493 e. The molecule has 2 N–H and O–H groups in total. The second-order valence-electron chi connectivity index (χ2n) is 5.92. The third-order valence-corrected chi connectivity index (χ3v) is 4.47. The Morgan fingerprint density at radius 1 is 1.38 bits per heavy atom. The Labute approximate surface area is 124 Å². The minimum atomic E-state index is -1.31. The van der Waals surface area contributed by atoms with Crippen LogP contribution in [0.5, 0.6) is 5.75 Å². The molecule has 0 aliphatic carbocycles. The minimum absolute atomic E-state index is 0.0295. The number of hydrogen-bond acceptors (Lipinski definition) is 3. The van der Waals surface area contributed by atoms with Crippen molar-refractivity contribution in [2.75, 3.05) is 26.2 Å². The van der Waals surface area contributed by atoms with E-state index < -0.39 is 5.67 Å². The van der Waals surface area contributed by atoms with Gasteiger partial charge in [-0.3, -0.25) is 4.79 Å². The molecule has 2 aliphatic rings. The second-order valence-corrected chi connectivity index (χ2v) is 5.92. The molecule has 1 fully saturated rings. The van der Waals surface area contributed by atoms with Crippen molar-refractivity contribution in [2.45, 2.75) is 31.4 Å². The lowest BCUT2D eigenvalue weighted by atomic mass is 9.93. The molecule has 2 aliphatic heterocycles. The number of ether oxygens (including phenoxy) is 1. The molecule has 3 rings (SSSR count). The Bertz CT molecular complexity index is 539. The number of benzene rings is 1. The number of likely N-dealkylation sites (tertiary alicyclic amines) is 1. The first kappa shape index (κ1) is 14.3. The second kappa shape index (κ2) is 5.64.